The predicted octanol–water partition coefficient (Wildman–Crippen LogP) is 3.26. The first kappa shape index (κ1) is 14.0. The van der Waals surface area contributed by atoms with E-state index in [1.165, 1.54) is 11.3 Å². The van der Waals surface area contributed by atoms with Gasteiger partial charge in [0.25, 0.3) is 5.91 Å². The summed E-state index contributed by atoms with van der Waals surface area (Å²) in [6.07, 6.45) is 2.22. The van der Waals surface area contributed by atoms with Crippen molar-refractivity contribution in [2.24, 2.45) is 5.92 Å². The third kappa shape index (κ3) is 2.95. The summed E-state index contributed by atoms with van der Waals surface area (Å²) in [7, 11) is 0. The van der Waals surface area contributed by atoms with Crippen LogP contribution in [0.5, 0.6) is 0 Å². The van der Waals surface area contributed by atoms with Crippen LogP contribution in [0.1, 0.15) is 28.9 Å². The van der Waals surface area contributed by atoms with Crippen LogP contribution in [0.25, 0.3) is 0 Å². The van der Waals surface area contributed by atoms with E-state index >= 15 is 0 Å². The van der Waals surface area contributed by atoms with Gasteiger partial charge >= 0.3 is 5.97 Å². The van der Waals surface area contributed by atoms with Crippen molar-refractivity contribution in [3.8, 4) is 0 Å². The van der Waals surface area contributed by atoms with Crippen LogP contribution in [0.4, 0.5) is 0 Å². The van der Waals surface area contributed by atoms with Gasteiger partial charge in [-0.3, -0.25) is 9.59 Å². The second-order valence-corrected chi connectivity index (χ2v) is 7.41. The van der Waals surface area contributed by atoms with Crippen LogP contribution in [0.2, 0.25) is 0 Å². The zero-order valence-corrected chi connectivity index (χ0v) is 13.3. The maximum atomic E-state index is 12.0. The molecule has 1 amide bonds. The highest BCUT2D eigenvalue weighted by Crippen LogP contribution is 2.33. The van der Waals surface area contributed by atoms with Crippen molar-refractivity contribution in [2.45, 2.75) is 25.3 Å². The highest BCUT2D eigenvalue weighted by molar-refractivity contribution is 9.13. The Morgan fingerprint density at radius 1 is 1.39 bits per heavy atom. The lowest BCUT2D eigenvalue weighted by Crippen LogP contribution is -2.39. The van der Waals surface area contributed by atoms with Gasteiger partial charge < -0.3 is 10.4 Å². The maximum absolute atomic E-state index is 12.0. The van der Waals surface area contributed by atoms with E-state index in [0.29, 0.717) is 11.3 Å². The molecule has 98 valence electrons. The van der Waals surface area contributed by atoms with Crippen LogP contribution in [-0.2, 0) is 4.79 Å². The van der Waals surface area contributed by atoms with Gasteiger partial charge in [0.2, 0.25) is 0 Å². The summed E-state index contributed by atoms with van der Waals surface area (Å²) in [5, 5.41) is 11.9. The fraction of sp³-hybridized carbons (Fsp3) is 0.455. The van der Waals surface area contributed by atoms with Crippen molar-refractivity contribution >= 4 is 55.1 Å². The van der Waals surface area contributed by atoms with Gasteiger partial charge in [-0.15, -0.1) is 11.3 Å². The average molecular weight is 397 g/mol. The van der Waals surface area contributed by atoms with Crippen LogP contribution in [0, 0.1) is 5.92 Å². The summed E-state index contributed by atoms with van der Waals surface area (Å²) in [6.45, 7) is 0. The van der Waals surface area contributed by atoms with Crippen LogP contribution < -0.4 is 5.32 Å². The van der Waals surface area contributed by atoms with E-state index in [9.17, 15) is 9.59 Å². The molecule has 2 N–H and O–H groups in total. The number of nitrogens with one attached hydrogen (secondary N) is 1. The lowest BCUT2D eigenvalue weighted by molar-refractivity contribution is -0.142. The summed E-state index contributed by atoms with van der Waals surface area (Å²) < 4.78 is 1.69. The molecule has 18 heavy (non-hydrogen) atoms. The van der Waals surface area contributed by atoms with E-state index in [1.54, 1.807) is 6.07 Å². The molecule has 2 rings (SSSR count). The highest BCUT2D eigenvalue weighted by atomic mass is 79.9. The monoisotopic (exact) mass is 395 g/mol. The standard InChI is InChI=1S/C11H11Br2NO3S/c12-6-4-8(18-9(6)13)10(15)14-7-3-1-2-5(7)11(16)17/h4-5,7H,1-3H2,(H,14,15)(H,16,17). The normalized spacial score (nSPS) is 23.0. The Kier molecular flexibility index (Phi) is 4.45. The van der Waals surface area contributed by atoms with Gasteiger partial charge in [-0.05, 0) is 50.8 Å². The van der Waals surface area contributed by atoms with E-state index in [0.717, 1.165) is 21.1 Å². The number of thiophene rings is 1. The minimum Gasteiger partial charge on any atom is -0.481 e. The van der Waals surface area contributed by atoms with Crippen molar-refractivity contribution < 1.29 is 14.7 Å². The molecule has 1 aliphatic rings. The van der Waals surface area contributed by atoms with Crippen molar-refractivity contribution in [2.75, 3.05) is 0 Å². The van der Waals surface area contributed by atoms with Gasteiger partial charge in [0.15, 0.2) is 0 Å². The van der Waals surface area contributed by atoms with Crippen LogP contribution in [0.15, 0.2) is 14.3 Å². The number of carboxylic acid groups (broad SMARTS) is 1. The molecular weight excluding hydrogens is 386 g/mol. The zero-order valence-electron chi connectivity index (χ0n) is 9.28. The molecule has 0 spiro atoms. The first-order valence-corrected chi connectivity index (χ1v) is 7.88. The summed E-state index contributed by atoms with van der Waals surface area (Å²) in [4.78, 5) is 23.6. The third-order valence-corrected chi connectivity index (χ3v) is 6.27. The molecule has 2 unspecified atom stereocenters. The first-order chi connectivity index (χ1) is 8.49. The molecule has 1 aromatic heterocycles. The molecule has 0 aromatic carbocycles. The third-order valence-electron chi connectivity index (χ3n) is 3.02. The Labute approximate surface area is 125 Å². The minimum atomic E-state index is -0.827. The molecule has 1 aromatic rings. The maximum Gasteiger partial charge on any atom is 0.308 e. The van der Waals surface area contributed by atoms with Gasteiger partial charge in [-0.25, -0.2) is 0 Å². The summed E-state index contributed by atoms with van der Waals surface area (Å²) in [5.74, 6) is -1.49. The lowest BCUT2D eigenvalue weighted by atomic mass is 10.0. The topological polar surface area (TPSA) is 66.4 Å². The van der Waals surface area contributed by atoms with Gasteiger partial charge in [0.05, 0.1) is 14.6 Å². The molecule has 1 fully saturated rings. The van der Waals surface area contributed by atoms with E-state index < -0.39 is 11.9 Å². The largest absolute Gasteiger partial charge is 0.481 e. The number of carboxylic acids is 1. The smallest absolute Gasteiger partial charge is 0.308 e. The molecular formula is C11H11Br2NO3S. The molecule has 0 saturated heterocycles. The van der Waals surface area contributed by atoms with E-state index in [4.69, 9.17) is 5.11 Å². The van der Waals surface area contributed by atoms with E-state index in [-0.39, 0.29) is 11.9 Å². The molecule has 0 bridgehead atoms. The van der Waals surface area contributed by atoms with Crippen LogP contribution in [-0.4, -0.2) is 23.0 Å². The predicted molar refractivity (Wildman–Crippen MR) is 76.0 cm³/mol. The average Bonchev–Trinajstić information content (AvgIpc) is 2.87. The highest BCUT2D eigenvalue weighted by Gasteiger charge is 2.34. The SMILES string of the molecule is O=C(NC1CCCC1C(=O)O)c1cc(Br)c(Br)s1. The summed E-state index contributed by atoms with van der Waals surface area (Å²) in [6, 6.07) is 1.48. The van der Waals surface area contributed by atoms with Gasteiger partial charge in [-0.2, -0.15) is 0 Å². The number of carbonyl (C=O) groups excluding carboxylic acids is 1. The Hall–Kier alpha value is -0.400. The molecule has 4 nitrogen and oxygen atoms in total. The summed E-state index contributed by atoms with van der Waals surface area (Å²) >= 11 is 7.98. The fourth-order valence-electron chi connectivity index (χ4n) is 2.13. The molecule has 7 heteroatoms. The number of carbonyl (C=O) groups is 2. The van der Waals surface area contributed by atoms with Gasteiger partial charge in [-0.1, -0.05) is 6.42 Å². The number of rotatable bonds is 3. The van der Waals surface area contributed by atoms with Crippen molar-refractivity contribution in [1.82, 2.24) is 5.32 Å². The fourth-order valence-corrected chi connectivity index (χ4v) is 4.07. The molecule has 0 radical (unpaired) electrons. The van der Waals surface area contributed by atoms with Crippen molar-refractivity contribution in [1.29, 1.82) is 0 Å². The second kappa shape index (κ2) is 5.71. The van der Waals surface area contributed by atoms with E-state index in [2.05, 4.69) is 37.2 Å². The Morgan fingerprint density at radius 3 is 2.67 bits per heavy atom. The number of aliphatic carboxylic acids is 1. The number of hydrogen-bond donors (Lipinski definition) is 2. The minimum absolute atomic E-state index is 0.204. The Morgan fingerprint density at radius 2 is 2.11 bits per heavy atom. The molecule has 0 aliphatic heterocycles. The first-order valence-electron chi connectivity index (χ1n) is 5.47. The number of hydrogen-bond acceptors (Lipinski definition) is 3. The molecule has 2 atom stereocenters. The zero-order chi connectivity index (χ0) is 13.3. The van der Waals surface area contributed by atoms with Crippen molar-refractivity contribution in [3.05, 3.63) is 19.2 Å². The molecule has 1 aliphatic carbocycles. The molecule has 1 heterocycles. The van der Waals surface area contributed by atoms with E-state index in [1.807, 2.05) is 0 Å². The van der Waals surface area contributed by atoms with Gasteiger partial charge in [0, 0.05) is 10.5 Å². The number of halogens is 2. The Bertz CT molecular complexity index is 469. The Balaban J connectivity index is 2.05. The quantitative estimate of drug-likeness (QED) is 0.823. The second-order valence-electron chi connectivity index (χ2n) is 4.19. The van der Waals surface area contributed by atoms with Gasteiger partial charge in [0.1, 0.15) is 0 Å². The van der Waals surface area contributed by atoms with Crippen LogP contribution in [0.3, 0.4) is 0 Å². The summed E-state index contributed by atoms with van der Waals surface area (Å²) in [5.41, 5.74) is 0. The molecule has 1 saturated carbocycles. The lowest BCUT2D eigenvalue weighted by Gasteiger charge is -2.16. The van der Waals surface area contributed by atoms with Crippen molar-refractivity contribution in [3.63, 3.8) is 0 Å². The van der Waals surface area contributed by atoms with Crippen LogP contribution >= 0.6 is 43.2 Å². The number of amides is 1.